The number of oxazole rings is 1. The molecule has 0 saturated carbocycles. The van der Waals surface area contributed by atoms with Gasteiger partial charge in [0.2, 0.25) is 5.91 Å². The molecule has 1 aromatic carbocycles. The van der Waals surface area contributed by atoms with Crippen molar-refractivity contribution >= 4 is 34.7 Å². The monoisotopic (exact) mass is 306 g/mol. The van der Waals surface area contributed by atoms with Crippen LogP contribution in [-0.4, -0.2) is 33.8 Å². The van der Waals surface area contributed by atoms with Crippen molar-refractivity contribution in [3.8, 4) is 0 Å². The Morgan fingerprint density at radius 1 is 1.48 bits per heavy atom. The van der Waals surface area contributed by atoms with E-state index in [-0.39, 0.29) is 12.2 Å². The number of hydrogen-bond donors (Lipinski definition) is 2. The van der Waals surface area contributed by atoms with Crippen molar-refractivity contribution in [2.45, 2.75) is 17.7 Å². The van der Waals surface area contributed by atoms with Crippen LogP contribution in [0.3, 0.4) is 0 Å². The van der Waals surface area contributed by atoms with E-state index < -0.39 is 17.9 Å². The SMILES string of the molecule is C=CCC(NC(=O)CSc1nc2ccccc2o1)C(=O)O. The lowest BCUT2D eigenvalue weighted by Gasteiger charge is -2.11. The third kappa shape index (κ3) is 4.09. The van der Waals surface area contributed by atoms with Gasteiger partial charge in [-0.25, -0.2) is 9.78 Å². The summed E-state index contributed by atoms with van der Waals surface area (Å²) in [7, 11) is 0. The van der Waals surface area contributed by atoms with Gasteiger partial charge in [0.25, 0.3) is 5.22 Å². The second kappa shape index (κ2) is 6.94. The van der Waals surface area contributed by atoms with Crippen LogP contribution in [0.4, 0.5) is 0 Å². The van der Waals surface area contributed by atoms with Crippen LogP contribution in [-0.2, 0) is 9.59 Å². The first-order valence-corrected chi connectivity index (χ1v) is 7.20. The molecule has 2 N–H and O–H groups in total. The maximum atomic E-state index is 11.7. The molecule has 0 fully saturated rings. The maximum absolute atomic E-state index is 11.7. The first kappa shape index (κ1) is 15.1. The lowest BCUT2D eigenvalue weighted by atomic mass is 10.2. The predicted molar refractivity (Wildman–Crippen MR) is 79.1 cm³/mol. The lowest BCUT2D eigenvalue weighted by molar-refractivity contribution is -0.141. The number of amides is 1. The Hall–Kier alpha value is -2.28. The van der Waals surface area contributed by atoms with E-state index in [2.05, 4.69) is 16.9 Å². The van der Waals surface area contributed by atoms with E-state index in [1.807, 2.05) is 18.2 Å². The van der Waals surface area contributed by atoms with Crippen molar-refractivity contribution in [2.75, 3.05) is 5.75 Å². The standard InChI is InChI=1S/C14H14N2O4S/c1-2-5-10(13(18)19)15-12(17)8-21-14-16-9-6-3-4-7-11(9)20-14/h2-4,6-7,10H,1,5,8H2,(H,15,17)(H,18,19). The Balaban J connectivity index is 1.91. The number of carbonyl (C=O) groups is 2. The van der Waals surface area contributed by atoms with Gasteiger partial charge >= 0.3 is 5.97 Å². The summed E-state index contributed by atoms with van der Waals surface area (Å²) in [6.07, 6.45) is 1.63. The number of thioether (sulfide) groups is 1. The number of carboxylic acid groups (broad SMARTS) is 1. The molecule has 110 valence electrons. The Morgan fingerprint density at radius 3 is 2.90 bits per heavy atom. The zero-order valence-corrected chi connectivity index (χ0v) is 11.9. The van der Waals surface area contributed by atoms with Crippen molar-refractivity contribution in [3.05, 3.63) is 36.9 Å². The van der Waals surface area contributed by atoms with E-state index in [0.29, 0.717) is 10.8 Å². The van der Waals surface area contributed by atoms with Crippen molar-refractivity contribution in [3.63, 3.8) is 0 Å². The van der Waals surface area contributed by atoms with Crippen LogP contribution in [0.25, 0.3) is 11.1 Å². The molecule has 2 aromatic rings. The van der Waals surface area contributed by atoms with Crippen LogP contribution in [0.1, 0.15) is 6.42 Å². The van der Waals surface area contributed by atoms with Crippen LogP contribution in [0.15, 0.2) is 46.6 Å². The van der Waals surface area contributed by atoms with E-state index >= 15 is 0 Å². The number of carboxylic acids is 1. The van der Waals surface area contributed by atoms with Gasteiger partial charge in [-0.05, 0) is 18.6 Å². The molecule has 1 unspecified atom stereocenters. The summed E-state index contributed by atoms with van der Waals surface area (Å²) in [6.45, 7) is 3.46. The van der Waals surface area contributed by atoms with Gasteiger partial charge in [0.1, 0.15) is 11.6 Å². The Bertz CT molecular complexity index is 635. The average Bonchev–Trinajstić information content (AvgIpc) is 2.87. The van der Waals surface area contributed by atoms with Gasteiger partial charge in [0.15, 0.2) is 5.58 Å². The van der Waals surface area contributed by atoms with Crippen LogP contribution in [0, 0.1) is 0 Å². The number of aliphatic carboxylic acids is 1. The Morgan fingerprint density at radius 2 is 2.24 bits per heavy atom. The van der Waals surface area contributed by atoms with Gasteiger partial charge in [-0.3, -0.25) is 4.79 Å². The molecule has 0 radical (unpaired) electrons. The number of hydrogen-bond acceptors (Lipinski definition) is 5. The summed E-state index contributed by atoms with van der Waals surface area (Å²) in [5.74, 6) is -1.44. The third-order valence-electron chi connectivity index (χ3n) is 2.64. The van der Waals surface area contributed by atoms with E-state index in [1.54, 1.807) is 6.07 Å². The van der Waals surface area contributed by atoms with E-state index in [0.717, 1.165) is 17.3 Å². The Labute approximate surface area is 125 Å². The molecule has 0 aliphatic rings. The van der Waals surface area contributed by atoms with Crippen molar-refractivity contribution in [2.24, 2.45) is 0 Å². The van der Waals surface area contributed by atoms with Gasteiger partial charge in [0.05, 0.1) is 5.75 Å². The van der Waals surface area contributed by atoms with E-state index in [9.17, 15) is 9.59 Å². The smallest absolute Gasteiger partial charge is 0.326 e. The molecule has 0 bridgehead atoms. The zero-order valence-electron chi connectivity index (χ0n) is 11.1. The van der Waals surface area contributed by atoms with Gasteiger partial charge < -0.3 is 14.8 Å². The molecule has 1 heterocycles. The first-order chi connectivity index (χ1) is 10.1. The minimum atomic E-state index is -1.09. The van der Waals surface area contributed by atoms with Gasteiger partial charge in [-0.15, -0.1) is 6.58 Å². The van der Waals surface area contributed by atoms with E-state index in [1.165, 1.54) is 6.08 Å². The topological polar surface area (TPSA) is 92.4 Å². The number of aromatic nitrogens is 1. The molecule has 0 saturated heterocycles. The molecule has 2 rings (SSSR count). The highest BCUT2D eigenvalue weighted by atomic mass is 32.2. The van der Waals surface area contributed by atoms with Gasteiger partial charge in [-0.2, -0.15) is 0 Å². The molecule has 0 spiro atoms. The highest BCUT2D eigenvalue weighted by Crippen LogP contribution is 2.22. The number of fused-ring (bicyclic) bond motifs is 1. The molecular formula is C14H14N2O4S. The quantitative estimate of drug-likeness (QED) is 0.601. The fourth-order valence-corrected chi connectivity index (χ4v) is 2.31. The summed E-state index contributed by atoms with van der Waals surface area (Å²) in [4.78, 5) is 26.9. The number of rotatable bonds is 7. The molecule has 1 atom stereocenters. The summed E-state index contributed by atoms with van der Waals surface area (Å²) >= 11 is 1.12. The highest BCUT2D eigenvalue weighted by molar-refractivity contribution is 7.99. The normalized spacial score (nSPS) is 12.0. The number of nitrogens with one attached hydrogen (secondary N) is 1. The minimum Gasteiger partial charge on any atom is -0.480 e. The molecule has 6 nitrogen and oxygen atoms in total. The van der Waals surface area contributed by atoms with Crippen LogP contribution >= 0.6 is 11.8 Å². The van der Waals surface area contributed by atoms with Gasteiger partial charge in [0, 0.05) is 0 Å². The molecule has 0 aliphatic carbocycles. The van der Waals surface area contributed by atoms with Crippen LogP contribution < -0.4 is 5.32 Å². The molecule has 7 heteroatoms. The third-order valence-corrected chi connectivity index (χ3v) is 3.46. The largest absolute Gasteiger partial charge is 0.480 e. The summed E-state index contributed by atoms with van der Waals surface area (Å²) in [6, 6.07) is 6.32. The fourth-order valence-electron chi connectivity index (χ4n) is 1.66. The fraction of sp³-hybridized carbons (Fsp3) is 0.214. The zero-order chi connectivity index (χ0) is 15.2. The minimum absolute atomic E-state index is 0.0355. The maximum Gasteiger partial charge on any atom is 0.326 e. The van der Waals surface area contributed by atoms with E-state index in [4.69, 9.17) is 9.52 Å². The number of carbonyl (C=O) groups excluding carboxylic acids is 1. The summed E-state index contributed by atoms with van der Waals surface area (Å²) < 4.78 is 5.46. The summed E-state index contributed by atoms with van der Waals surface area (Å²) in [5, 5.41) is 11.7. The van der Waals surface area contributed by atoms with Crippen molar-refractivity contribution < 1.29 is 19.1 Å². The molecule has 1 amide bonds. The molecule has 0 aliphatic heterocycles. The number of benzene rings is 1. The first-order valence-electron chi connectivity index (χ1n) is 6.21. The lowest BCUT2D eigenvalue weighted by Crippen LogP contribution is -2.41. The summed E-state index contributed by atoms with van der Waals surface area (Å²) in [5.41, 5.74) is 1.37. The highest BCUT2D eigenvalue weighted by Gasteiger charge is 2.18. The number of para-hydroxylation sites is 2. The van der Waals surface area contributed by atoms with Crippen LogP contribution in [0.5, 0.6) is 0 Å². The number of nitrogens with zero attached hydrogens (tertiary/aromatic N) is 1. The van der Waals surface area contributed by atoms with Crippen molar-refractivity contribution in [1.29, 1.82) is 0 Å². The molecule has 1 aromatic heterocycles. The predicted octanol–water partition coefficient (Wildman–Crippen LogP) is 2.07. The van der Waals surface area contributed by atoms with Gasteiger partial charge in [-0.1, -0.05) is 30.0 Å². The second-order valence-electron chi connectivity index (χ2n) is 4.22. The molecule has 21 heavy (non-hydrogen) atoms. The second-order valence-corrected chi connectivity index (χ2v) is 5.15. The van der Waals surface area contributed by atoms with Crippen LogP contribution in [0.2, 0.25) is 0 Å². The average molecular weight is 306 g/mol. The Kier molecular flexibility index (Phi) is 4.99. The van der Waals surface area contributed by atoms with Crippen molar-refractivity contribution in [1.82, 2.24) is 10.3 Å². The molecular weight excluding hydrogens is 292 g/mol.